The van der Waals surface area contributed by atoms with Crippen LogP contribution >= 0.6 is 0 Å². The molecule has 0 atom stereocenters. The SMILES string of the molecule is Cc1ccc2c3c1c1c(n3CCN(C(=O)OCc3ccccc3)C2)CCC1. The summed E-state index contributed by atoms with van der Waals surface area (Å²) in [5.74, 6) is 0. The van der Waals surface area contributed by atoms with Gasteiger partial charge in [0.05, 0.1) is 12.1 Å². The molecule has 4 nitrogen and oxygen atoms in total. The van der Waals surface area contributed by atoms with E-state index in [0.717, 1.165) is 18.5 Å². The molecule has 138 valence electrons. The summed E-state index contributed by atoms with van der Waals surface area (Å²) in [5.41, 5.74) is 7.98. The Hall–Kier alpha value is -2.75. The van der Waals surface area contributed by atoms with Gasteiger partial charge in [-0.1, -0.05) is 42.5 Å². The Bertz CT molecular complexity index is 1020. The van der Waals surface area contributed by atoms with Crippen molar-refractivity contribution in [2.75, 3.05) is 6.54 Å². The minimum Gasteiger partial charge on any atom is -0.445 e. The molecule has 1 aromatic heterocycles. The highest BCUT2D eigenvalue weighted by atomic mass is 16.6. The zero-order valence-electron chi connectivity index (χ0n) is 15.7. The van der Waals surface area contributed by atoms with Crippen LogP contribution in [0, 0.1) is 6.92 Å². The second kappa shape index (κ2) is 6.45. The molecule has 27 heavy (non-hydrogen) atoms. The maximum absolute atomic E-state index is 12.7. The van der Waals surface area contributed by atoms with Crippen LogP contribution in [0.15, 0.2) is 42.5 Å². The predicted molar refractivity (Wildman–Crippen MR) is 106 cm³/mol. The number of amides is 1. The van der Waals surface area contributed by atoms with E-state index in [1.54, 1.807) is 5.56 Å². The van der Waals surface area contributed by atoms with Gasteiger partial charge in [0.25, 0.3) is 0 Å². The Morgan fingerprint density at radius 1 is 1.07 bits per heavy atom. The molecule has 2 aliphatic rings. The van der Waals surface area contributed by atoms with Gasteiger partial charge in [0, 0.05) is 24.2 Å². The molecule has 0 saturated carbocycles. The molecule has 0 radical (unpaired) electrons. The third-order valence-corrected chi connectivity index (χ3v) is 5.97. The summed E-state index contributed by atoms with van der Waals surface area (Å²) in [7, 11) is 0. The second-order valence-electron chi connectivity index (χ2n) is 7.66. The minimum absolute atomic E-state index is 0.227. The first-order chi connectivity index (χ1) is 13.2. The van der Waals surface area contributed by atoms with E-state index in [1.165, 1.54) is 40.6 Å². The lowest BCUT2D eigenvalue weighted by Crippen LogP contribution is -2.32. The molecule has 0 unspecified atom stereocenters. The number of aryl methyl sites for hydroxylation is 2. The monoisotopic (exact) mass is 360 g/mol. The van der Waals surface area contributed by atoms with Crippen LogP contribution in [0.5, 0.6) is 0 Å². The van der Waals surface area contributed by atoms with E-state index in [-0.39, 0.29) is 6.09 Å². The molecule has 0 bridgehead atoms. The van der Waals surface area contributed by atoms with Gasteiger partial charge < -0.3 is 14.2 Å². The van der Waals surface area contributed by atoms with Crippen molar-refractivity contribution in [3.05, 3.63) is 70.4 Å². The van der Waals surface area contributed by atoms with E-state index < -0.39 is 0 Å². The third-order valence-electron chi connectivity index (χ3n) is 5.97. The van der Waals surface area contributed by atoms with Gasteiger partial charge in [-0.3, -0.25) is 0 Å². The molecular weight excluding hydrogens is 336 g/mol. The molecule has 2 heterocycles. The molecule has 1 amide bonds. The van der Waals surface area contributed by atoms with Crippen LogP contribution in [-0.2, 0) is 37.3 Å². The van der Waals surface area contributed by atoms with Crippen molar-refractivity contribution in [1.82, 2.24) is 9.47 Å². The number of nitrogens with zero attached hydrogens (tertiary/aromatic N) is 2. The van der Waals surface area contributed by atoms with Gasteiger partial charge in [-0.15, -0.1) is 0 Å². The summed E-state index contributed by atoms with van der Waals surface area (Å²) in [4.78, 5) is 14.6. The topological polar surface area (TPSA) is 34.5 Å². The highest BCUT2D eigenvalue weighted by molar-refractivity contribution is 5.92. The van der Waals surface area contributed by atoms with Crippen molar-refractivity contribution < 1.29 is 9.53 Å². The molecule has 0 spiro atoms. The lowest BCUT2D eigenvalue weighted by molar-refractivity contribution is 0.0934. The smallest absolute Gasteiger partial charge is 0.410 e. The van der Waals surface area contributed by atoms with Gasteiger partial charge in [0.15, 0.2) is 0 Å². The zero-order valence-corrected chi connectivity index (χ0v) is 15.7. The highest BCUT2D eigenvalue weighted by Gasteiger charge is 2.28. The van der Waals surface area contributed by atoms with Crippen LogP contribution in [-0.4, -0.2) is 22.1 Å². The number of aromatic nitrogens is 1. The molecular formula is C23H24N2O2. The van der Waals surface area contributed by atoms with Gasteiger partial charge >= 0.3 is 6.09 Å². The van der Waals surface area contributed by atoms with Crippen molar-refractivity contribution in [2.24, 2.45) is 0 Å². The standard InChI is InChI=1S/C23H24N2O2/c1-16-10-11-18-14-24(23(26)27-15-17-6-3-2-4-7-17)12-13-25-20-9-5-8-19(20)21(16)22(18)25/h2-4,6-7,10-11H,5,8-9,12-15H2,1H3. The van der Waals surface area contributed by atoms with Crippen molar-refractivity contribution in [3.63, 3.8) is 0 Å². The van der Waals surface area contributed by atoms with Crippen LogP contribution < -0.4 is 0 Å². The number of carbonyl (C=O) groups is 1. The van der Waals surface area contributed by atoms with Crippen molar-refractivity contribution in [3.8, 4) is 0 Å². The Morgan fingerprint density at radius 3 is 2.78 bits per heavy atom. The predicted octanol–water partition coefficient (Wildman–Crippen LogP) is 4.59. The summed E-state index contributed by atoms with van der Waals surface area (Å²) < 4.78 is 8.07. The van der Waals surface area contributed by atoms with Gasteiger partial charge in [-0.2, -0.15) is 0 Å². The van der Waals surface area contributed by atoms with Gasteiger partial charge in [0.1, 0.15) is 6.61 Å². The molecule has 1 aliphatic carbocycles. The first kappa shape index (κ1) is 16.4. The molecule has 5 rings (SSSR count). The lowest BCUT2D eigenvalue weighted by atomic mass is 10.0. The van der Waals surface area contributed by atoms with Crippen molar-refractivity contribution >= 4 is 17.0 Å². The maximum atomic E-state index is 12.7. The van der Waals surface area contributed by atoms with Crippen LogP contribution in [0.2, 0.25) is 0 Å². The van der Waals surface area contributed by atoms with Gasteiger partial charge in [0.2, 0.25) is 0 Å². The van der Waals surface area contributed by atoms with Crippen molar-refractivity contribution in [2.45, 2.75) is 45.9 Å². The molecule has 3 aromatic rings. The number of fused-ring (bicyclic) bond motifs is 3. The number of ether oxygens (including phenoxy) is 1. The van der Waals surface area contributed by atoms with E-state index in [1.807, 2.05) is 35.2 Å². The van der Waals surface area contributed by atoms with Crippen LogP contribution in [0.3, 0.4) is 0 Å². The van der Waals surface area contributed by atoms with Crippen LogP contribution in [0.25, 0.3) is 10.9 Å². The Kier molecular flexibility index (Phi) is 3.92. The molecule has 4 heteroatoms. The fraction of sp³-hybridized carbons (Fsp3) is 0.348. The largest absolute Gasteiger partial charge is 0.445 e. The molecule has 2 aromatic carbocycles. The highest BCUT2D eigenvalue weighted by Crippen LogP contribution is 2.38. The summed E-state index contributed by atoms with van der Waals surface area (Å²) in [6.07, 6.45) is 3.36. The quantitative estimate of drug-likeness (QED) is 0.670. The van der Waals surface area contributed by atoms with E-state index in [2.05, 4.69) is 23.6 Å². The summed E-state index contributed by atoms with van der Waals surface area (Å²) >= 11 is 0. The Labute approximate surface area is 159 Å². The maximum Gasteiger partial charge on any atom is 0.410 e. The summed E-state index contributed by atoms with van der Waals surface area (Å²) in [5, 5.41) is 1.43. The average Bonchev–Trinajstić information content (AvgIpc) is 3.21. The zero-order chi connectivity index (χ0) is 18.4. The Morgan fingerprint density at radius 2 is 1.93 bits per heavy atom. The fourth-order valence-corrected chi connectivity index (χ4v) is 4.70. The number of hydrogen-bond donors (Lipinski definition) is 0. The summed E-state index contributed by atoms with van der Waals surface area (Å²) in [6.45, 7) is 4.69. The molecule has 0 N–H and O–H groups in total. The molecule has 0 saturated heterocycles. The normalized spacial score (nSPS) is 15.7. The Balaban J connectivity index is 1.43. The fourth-order valence-electron chi connectivity index (χ4n) is 4.70. The van der Waals surface area contributed by atoms with Crippen LogP contribution in [0.4, 0.5) is 4.79 Å². The number of carbonyl (C=O) groups excluding carboxylic acids is 1. The first-order valence-corrected chi connectivity index (χ1v) is 9.80. The van der Waals surface area contributed by atoms with Crippen LogP contribution in [0.1, 0.15) is 34.4 Å². The third kappa shape index (κ3) is 2.71. The van der Waals surface area contributed by atoms with E-state index in [0.29, 0.717) is 19.7 Å². The van der Waals surface area contributed by atoms with E-state index in [4.69, 9.17) is 4.74 Å². The second-order valence-corrected chi connectivity index (χ2v) is 7.66. The molecule has 0 fully saturated rings. The van der Waals surface area contributed by atoms with Crippen molar-refractivity contribution in [1.29, 1.82) is 0 Å². The number of benzene rings is 2. The number of rotatable bonds is 2. The number of hydrogen-bond acceptors (Lipinski definition) is 2. The molecule has 1 aliphatic heterocycles. The minimum atomic E-state index is -0.227. The van der Waals surface area contributed by atoms with E-state index in [9.17, 15) is 4.79 Å². The van der Waals surface area contributed by atoms with Gasteiger partial charge in [-0.25, -0.2) is 4.79 Å². The average molecular weight is 360 g/mol. The first-order valence-electron chi connectivity index (χ1n) is 9.80. The summed E-state index contributed by atoms with van der Waals surface area (Å²) in [6, 6.07) is 14.3. The van der Waals surface area contributed by atoms with E-state index >= 15 is 0 Å². The lowest BCUT2D eigenvalue weighted by Gasteiger charge is -2.20. The van der Waals surface area contributed by atoms with Gasteiger partial charge in [-0.05, 0) is 48.4 Å².